The normalized spacial score (nSPS) is 11.1. The average molecular weight is 909 g/mol. The number of nitrogens with zero attached hydrogens (tertiary/aromatic N) is 2. The van der Waals surface area contributed by atoms with Crippen LogP contribution in [0.15, 0.2) is 60.7 Å². The van der Waals surface area contributed by atoms with Crippen LogP contribution in [0, 0.1) is 47.9 Å². The van der Waals surface area contributed by atoms with Gasteiger partial charge in [-0.05, 0) is 123 Å². The van der Waals surface area contributed by atoms with Crippen molar-refractivity contribution in [3.8, 4) is 34.1 Å². The van der Waals surface area contributed by atoms with Crippen molar-refractivity contribution in [3.63, 3.8) is 0 Å². The van der Waals surface area contributed by atoms with E-state index in [9.17, 15) is 29.8 Å². The number of benzene rings is 4. The van der Waals surface area contributed by atoms with Crippen molar-refractivity contribution < 1.29 is 38.4 Å². The molecule has 0 atom stereocenters. The summed E-state index contributed by atoms with van der Waals surface area (Å²) in [6.07, 6.45) is 24.5. The van der Waals surface area contributed by atoms with Gasteiger partial charge in [0.15, 0.2) is 0 Å². The van der Waals surface area contributed by atoms with Crippen molar-refractivity contribution in [1.82, 2.24) is 0 Å². The second-order valence-corrected chi connectivity index (χ2v) is 17.5. The van der Waals surface area contributed by atoms with Crippen molar-refractivity contribution in [2.45, 2.75) is 170 Å². The lowest BCUT2D eigenvalue weighted by Gasteiger charge is -2.19. The molecule has 0 amide bonds. The van der Waals surface area contributed by atoms with Crippen LogP contribution in [-0.4, -0.2) is 35.0 Å². The van der Waals surface area contributed by atoms with Crippen molar-refractivity contribution in [2.75, 3.05) is 13.2 Å². The van der Waals surface area contributed by atoms with E-state index < -0.39 is 33.2 Å². The molecule has 0 aliphatic rings. The Kier molecular flexibility index (Phi) is 22.7. The van der Waals surface area contributed by atoms with E-state index in [-0.39, 0.29) is 33.8 Å². The fourth-order valence-corrected chi connectivity index (χ4v) is 8.50. The molecule has 0 saturated heterocycles. The van der Waals surface area contributed by atoms with E-state index in [1.165, 1.54) is 129 Å². The fraction of sp³-hybridized carbons (Fsp3) is 0.519. The Morgan fingerprint density at radius 2 is 0.742 bits per heavy atom. The third-order valence-corrected chi connectivity index (χ3v) is 12.1. The smallest absolute Gasteiger partial charge is 0.343 e. The van der Waals surface area contributed by atoms with E-state index >= 15 is 0 Å². The Labute approximate surface area is 392 Å². The Morgan fingerprint density at radius 1 is 0.455 bits per heavy atom. The molecule has 66 heavy (non-hydrogen) atoms. The highest BCUT2D eigenvalue weighted by atomic mass is 16.6. The van der Waals surface area contributed by atoms with Gasteiger partial charge < -0.3 is 18.9 Å². The maximum Gasteiger partial charge on any atom is 0.343 e. The summed E-state index contributed by atoms with van der Waals surface area (Å²) in [5, 5.41) is 25.2. The first-order valence-corrected chi connectivity index (χ1v) is 24.3. The number of unbranched alkanes of at least 4 members (excludes halogenated alkanes) is 18. The number of hydrogen-bond donors (Lipinski definition) is 0. The van der Waals surface area contributed by atoms with Crippen molar-refractivity contribution in [3.05, 3.63) is 114 Å². The number of rotatable bonds is 31. The summed E-state index contributed by atoms with van der Waals surface area (Å²) in [4.78, 5) is 50.6. The first-order chi connectivity index (χ1) is 31.9. The molecule has 4 aromatic carbocycles. The number of carbonyl (C=O) groups excluding carboxylic acids is 2. The van der Waals surface area contributed by atoms with Crippen LogP contribution in [0.2, 0.25) is 0 Å². The highest BCUT2D eigenvalue weighted by Crippen LogP contribution is 2.46. The highest BCUT2D eigenvalue weighted by molar-refractivity contribution is 5.94. The monoisotopic (exact) mass is 909 g/mol. The summed E-state index contributed by atoms with van der Waals surface area (Å²) in [6.45, 7) is 12.0. The molecule has 0 unspecified atom stereocenters. The second kappa shape index (κ2) is 28.3. The van der Waals surface area contributed by atoms with Gasteiger partial charge in [-0.15, -0.1) is 0 Å². The number of esters is 2. The molecule has 12 heteroatoms. The number of carbonyl (C=O) groups is 2. The third-order valence-electron chi connectivity index (χ3n) is 12.1. The van der Waals surface area contributed by atoms with Crippen LogP contribution in [0.5, 0.6) is 23.0 Å². The maximum absolute atomic E-state index is 13.3. The van der Waals surface area contributed by atoms with Gasteiger partial charge in [-0.1, -0.05) is 129 Å². The van der Waals surface area contributed by atoms with Crippen molar-refractivity contribution >= 4 is 23.3 Å². The molecule has 0 heterocycles. The number of hydrogen-bond acceptors (Lipinski definition) is 10. The van der Waals surface area contributed by atoms with Crippen LogP contribution in [0.25, 0.3) is 11.1 Å². The standard InChI is InChI=1S/C54H72N2O10/c1-7-9-11-13-15-17-19-21-23-25-35-63-45-31-27-43(28-32-45)53(57)65-47-37-39(3)49(41(5)51(47)55(59)60)50-40(4)38-48(52(42(50)6)56(61)62)66-54(58)44-29-33-46(34-30-44)64-36-26-24-22-20-18-16-14-12-10-8-2/h27-34,37-38H,7-26,35-36H2,1-6H3. The van der Waals surface area contributed by atoms with Crippen LogP contribution in [0.4, 0.5) is 11.4 Å². The maximum atomic E-state index is 13.3. The molecule has 0 bridgehead atoms. The minimum atomic E-state index is -0.786. The molecule has 0 aromatic heterocycles. The average Bonchev–Trinajstić information content (AvgIpc) is 3.28. The predicted molar refractivity (Wildman–Crippen MR) is 262 cm³/mol. The highest BCUT2D eigenvalue weighted by Gasteiger charge is 2.32. The van der Waals surface area contributed by atoms with Gasteiger partial charge in [-0.25, -0.2) is 9.59 Å². The van der Waals surface area contributed by atoms with Gasteiger partial charge in [-0.2, -0.15) is 0 Å². The lowest BCUT2D eigenvalue weighted by Crippen LogP contribution is -2.12. The zero-order chi connectivity index (χ0) is 47.8. The van der Waals surface area contributed by atoms with Gasteiger partial charge in [0.05, 0.1) is 34.2 Å². The summed E-state index contributed by atoms with van der Waals surface area (Å²) in [5.41, 5.74) is 1.48. The van der Waals surface area contributed by atoms with Gasteiger partial charge in [0.2, 0.25) is 11.5 Å². The molecule has 0 radical (unpaired) electrons. The molecule has 0 fully saturated rings. The van der Waals surface area contributed by atoms with Gasteiger partial charge in [-0.3, -0.25) is 20.2 Å². The zero-order valence-electron chi connectivity index (χ0n) is 40.3. The quantitative estimate of drug-likeness (QED) is 0.0156. The van der Waals surface area contributed by atoms with E-state index in [2.05, 4.69) is 13.8 Å². The van der Waals surface area contributed by atoms with Crippen LogP contribution in [-0.2, 0) is 0 Å². The van der Waals surface area contributed by atoms with E-state index in [1.54, 1.807) is 62.4 Å². The van der Waals surface area contributed by atoms with Crippen LogP contribution >= 0.6 is 0 Å². The molecular formula is C54H72N2O10. The lowest BCUT2D eigenvalue weighted by molar-refractivity contribution is -0.386. The van der Waals surface area contributed by atoms with Gasteiger partial charge >= 0.3 is 23.3 Å². The first kappa shape index (κ1) is 52.8. The SMILES string of the molecule is CCCCCCCCCCCCOc1ccc(C(=O)Oc2cc(C)c(-c3c(C)cc(OC(=O)c4ccc(OCCCCCCCCCCCC)cc4)c([N+](=O)[O-])c3C)c(C)c2[N+](=O)[O-])cc1. The molecule has 4 rings (SSSR count). The van der Waals surface area contributed by atoms with E-state index in [0.717, 1.165) is 25.7 Å². The summed E-state index contributed by atoms with van der Waals surface area (Å²) in [7, 11) is 0. The van der Waals surface area contributed by atoms with Crippen molar-refractivity contribution in [1.29, 1.82) is 0 Å². The second-order valence-electron chi connectivity index (χ2n) is 17.5. The summed E-state index contributed by atoms with van der Waals surface area (Å²) in [5.74, 6) is -0.859. The molecule has 0 saturated carbocycles. The van der Waals surface area contributed by atoms with Crippen LogP contribution in [0.3, 0.4) is 0 Å². The molecule has 12 nitrogen and oxygen atoms in total. The minimum absolute atomic E-state index is 0.152. The minimum Gasteiger partial charge on any atom is -0.494 e. The Morgan fingerprint density at radius 3 is 1.03 bits per heavy atom. The molecule has 4 aromatic rings. The zero-order valence-corrected chi connectivity index (χ0v) is 40.3. The molecule has 0 spiro atoms. The topological polar surface area (TPSA) is 157 Å². The van der Waals surface area contributed by atoms with E-state index in [1.807, 2.05) is 0 Å². The van der Waals surface area contributed by atoms with E-state index in [4.69, 9.17) is 18.9 Å². The van der Waals surface area contributed by atoms with Gasteiger partial charge in [0.1, 0.15) is 11.5 Å². The first-order valence-electron chi connectivity index (χ1n) is 24.3. The summed E-state index contributed by atoms with van der Waals surface area (Å²) in [6, 6.07) is 15.7. The summed E-state index contributed by atoms with van der Waals surface area (Å²) >= 11 is 0. The molecule has 0 aliphatic carbocycles. The summed E-state index contributed by atoms with van der Waals surface area (Å²) < 4.78 is 23.1. The van der Waals surface area contributed by atoms with Gasteiger partial charge in [0.25, 0.3) is 0 Å². The molecular weight excluding hydrogens is 837 g/mol. The Bertz CT molecular complexity index is 2030. The van der Waals surface area contributed by atoms with E-state index in [0.29, 0.717) is 47.0 Å². The largest absolute Gasteiger partial charge is 0.494 e. The number of aryl methyl sites for hydroxylation is 2. The van der Waals surface area contributed by atoms with Crippen LogP contribution < -0.4 is 18.9 Å². The number of nitro benzene ring substituents is 2. The Balaban J connectivity index is 1.38. The molecule has 358 valence electrons. The van der Waals surface area contributed by atoms with Crippen LogP contribution in [0.1, 0.15) is 185 Å². The van der Waals surface area contributed by atoms with Crippen molar-refractivity contribution in [2.24, 2.45) is 0 Å². The number of nitro groups is 2. The predicted octanol–water partition coefficient (Wildman–Crippen LogP) is 15.4. The molecule has 0 aliphatic heterocycles. The number of ether oxygens (including phenoxy) is 4. The lowest BCUT2D eigenvalue weighted by atomic mass is 9.87. The molecule has 0 N–H and O–H groups in total. The third kappa shape index (κ3) is 16.3. The van der Waals surface area contributed by atoms with Gasteiger partial charge in [0, 0.05) is 11.1 Å². The fourth-order valence-electron chi connectivity index (χ4n) is 8.50. The Hall–Kier alpha value is -5.78.